The van der Waals surface area contributed by atoms with E-state index in [4.69, 9.17) is 10.00 Å². The number of nitrogens with one attached hydrogen (secondary N) is 1. The highest BCUT2D eigenvalue weighted by molar-refractivity contribution is 7.15. The molecule has 1 atom stereocenters. The molecule has 1 unspecified atom stereocenters. The molecule has 0 bridgehead atoms. The quantitative estimate of drug-likeness (QED) is 0.737. The first-order valence-corrected chi connectivity index (χ1v) is 8.00. The van der Waals surface area contributed by atoms with E-state index in [0.717, 1.165) is 21.0 Å². The smallest absolute Gasteiger partial charge is 0.303 e. The first kappa shape index (κ1) is 15.9. The van der Waals surface area contributed by atoms with Gasteiger partial charge < -0.3 is 9.72 Å². The lowest BCUT2D eigenvalue weighted by Gasteiger charge is -2.28. The number of hydrogen-bond donors (Lipinski definition) is 1. The van der Waals surface area contributed by atoms with E-state index in [2.05, 4.69) is 21.0 Å². The molecule has 0 radical (unpaired) electrons. The molecule has 0 aliphatic carbocycles. The van der Waals surface area contributed by atoms with E-state index < -0.39 is 5.60 Å². The van der Waals surface area contributed by atoms with Crippen molar-refractivity contribution < 1.29 is 9.53 Å². The number of aromatic amines is 1. The lowest BCUT2D eigenvalue weighted by molar-refractivity contribution is -0.152. The second kappa shape index (κ2) is 6.26. The number of esters is 1. The highest BCUT2D eigenvalue weighted by atomic mass is 32.1. The second-order valence-electron chi connectivity index (χ2n) is 5.31. The molecular formula is C17H14N4O2S. The van der Waals surface area contributed by atoms with Crippen LogP contribution in [0.1, 0.15) is 30.0 Å². The monoisotopic (exact) mass is 338 g/mol. The van der Waals surface area contributed by atoms with Crippen LogP contribution >= 0.6 is 11.3 Å². The number of rotatable bonds is 4. The summed E-state index contributed by atoms with van der Waals surface area (Å²) in [6, 6.07) is 7.41. The van der Waals surface area contributed by atoms with Gasteiger partial charge in [-0.2, -0.15) is 5.26 Å². The summed E-state index contributed by atoms with van der Waals surface area (Å²) in [5.41, 5.74) is 1.16. The molecule has 7 heteroatoms. The van der Waals surface area contributed by atoms with Crippen molar-refractivity contribution in [2.75, 3.05) is 0 Å². The Balaban J connectivity index is 2.03. The van der Waals surface area contributed by atoms with E-state index in [9.17, 15) is 4.79 Å². The number of nitrogens with zero attached hydrogens (tertiary/aromatic N) is 3. The van der Waals surface area contributed by atoms with Crippen LogP contribution in [-0.2, 0) is 15.1 Å². The van der Waals surface area contributed by atoms with E-state index in [0.29, 0.717) is 5.69 Å². The third-order valence-corrected chi connectivity index (χ3v) is 4.85. The van der Waals surface area contributed by atoms with Gasteiger partial charge in [0.15, 0.2) is 5.60 Å². The van der Waals surface area contributed by atoms with Crippen LogP contribution < -0.4 is 0 Å². The number of hydrogen-bond acceptors (Lipinski definition) is 6. The molecule has 0 aliphatic heterocycles. The standard InChI is InChI=1S/C17H14N4O2S/c1-11(22)23-17(2,13-3-5-19-6-4-13)15-10-21-16(24-15)12-7-14(8-18)20-9-12/h3-7,9-10,20H,1-2H3. The van der Waals surface area contributed by atoms with Gasteiger partial charge in [0.2, 0.25) is 0 Å². The molecule has 0 saturated heterocycles. The number of aromatic nitrogens is 3. The van der Waals surface area contributed by atoms with E-state index in [1.165, 1.54) is 18.3 Å². The number of H-pyrrole nitrogens is 1. The van der Waals surface area contributed by atoms with Crippen molar-refractivity contribution in [1.82, 2.24) is 15.0 Å². The third-order valence-electron chi connectivity index (χ3n) is 3.61. The van der Waals surface area contributed by atoms with Crippen LogP contribution in [0.3, 0.4) is 0 Å². The zero-order valence-electron chi connectivity index (χ0n) is 13.1. The predicted octanol–water partition coefficient (Wildman–Crippen LogP) is 3.23. The fraction of sp³-hybridized carbons (Fsp3) is 0.176. The molecule has 1 N–H and O–H groups in total. The van der Waals surface area contributed by atoms with E-state index in [-0.39, 0.29) is 5.97 Å². The lowest BCUT2D eigenvalue weighted by Crippen LogP contribution is -2.28. The Labute approximate surface area is 142 Å². The first-order chi connectivity index (χ1) is 11.5. The SMILES string of the molecule is CC(=O)OC(C)(c1ccncc1)c1cnc(-c2c[nH]c(C#N)c2)s1. The number of thiazole rings is 1. The van der Waals surface area contributed by atoms with Gasteiger partial charge in [-0.05, 0) is 25.1 Å². The Morgan fingerprint density at radius 1 is 1.42 bits per heavy atom. The molecule has 3 aromatic heterocycles. The fourth-order valence-electron chi connectivity index (χ4n) is 2.42. The fourth-order valence-corrected chi connectivity index (χ4v) is 3.43. The minimum atomic E-state index is -0.945. The summed E-state index contributed by atoms with van der Waals surface area (Å²) < 4.78 is 5.63. The highest BCUT2D eigenvalue weighted by Crippen LogP contribution is 2.39. The van der Waals surface area contributed by atoms with E-state index in [1.807, 2.05) is 19.1 Å². The van der Waals surface area contributed by atoms with Crippen molar-refractivity contribution in [3.63, 3.8) is 0 Å². The second-order valence-corrected chi connectivity index (χ2v) is 6.34. The highest BCUT2D eigenvalue weighted by Gasteiger charge is 2.34. The molecular weight excluding hydrogens is 324 g/mol. The summed E-state index contributed by atoms with van der Waals surface area (Å²) in [7, 11) is 0. The van der Waals surface area contributed by atoms with Crippen LogP contribution in [0.2, 0.25) is 0 Å². The number of carbonyl (C=O) groups excluding carboxylic acids is 1. The normalized spacial score (nSPS) is 13.0. The van der Waals surface area contributed by atoms with Gasteiger partial charge in [0.25, 0.3) is 0 Å². The van der Waals surface area contributed by atoms with Gasteiger partial charge in [-0.25, -0.2) is 4.98 Å². The molecule has 3 heterocycles. The van der Waals surface area contributed by atoms with Crippen LogP contribution in [0, 0.1) is 11.3 Å². The van der Waals surface area contributed by atoms with Crippen molar-refractivity contribution in [2.24, 2.45) is 0 Å². The number of pyridine rings is 1. The summed E-state index contributed by atoms with van der Waals surface area (Å²) in [6.07, 6.45) is 6.74. The molecule has 3 aromatic rings. The largest absolute Gasteiger partial charge is 0.449 e. The topological polar surface area (TPSA) is 91.7 Å². The molecule has 0 aromatic carbocycles. The maximum Gasteiger partial charge on any atom is 0.303 e. The summed E-state index contributed by atoms with van der Waals surface area (Å²) in [5.74, 6) is -0.377. The average molecular weight is 338 g/mol. The zero-order chi connectivity index (χ0) is 17.2. The summed E-state index contributed by atoms with van der Waals surface area (Å²) >= 11 is 1.42. The molecule has 0 spiro atoms. The third kappa shape index (κ3) is 2.92. The van der Waals surface area contributed by atoms with Crippen molar-refractivity contribution in [2.45, 2.75) is 19.4 Å². The zero-order valence-corrected chi connectivity index (χ0v) is 13.9. The maximum atomic E-state index is 11.6. The van der Waals surface area contributed by atoms with Gasteiger partial charge >= 0.3 is 5.97 Å². The van der Waals surface area contributed by atoms with Gasteiger partial charge in [-0.15, -0.1) is 11.3 Å². The minimum absolute atomic E-state index is 0.377. The molecule has 0 saturated carbocycles. The Kier molecular flexibility index (Phi) is 4.15. The van der Waals surface area contributed by atoms with Crippen LogP contribution in [0.4, 0.5) is 0 Å². The molecule has 6 nitrogen and oxygen atoms in total. The lowest BCUT2D eigenvalue weighted by atomic mass is 9.95. The van der Waals surface area contributed by atoms with E-state index in [1.54, 1.807) is 30.9 Å². The molecule has 24 heavy (non-hydrogen) atoms. The summed E-state index contributed by atoms with van der Waals surface area (Å²) in [4.78, 5) is 23.7. The van der Waals surface area contributed by atoms with E-state index >= 15 is 0 Å². The molecule has 3 rings (SSSR count). The van der Waals surface area contributed by atoms with Crippen molar-refractivity contribution in [3.8, 4) is 16.6 Å². The molecule has 0 aliphatic rings. The number of nitriles is 1. The summed E-state index contributed by atoms with van der Waals surface area (Å²) in [5, 5.41) is 9.66. The predicted molar refractivity (Wildman–Crippen MR) is 89.1 cm³/mol. The van der Waals surface area contributed by atoms with Crippen molar-refractivity contribution in [3.05, 3.63) is 59.1 Å². The average Bonchev–Trinajstić information content (AvgIpc) is 3.24. The number of ether oxygens (including phenoxy) is 1. The molecule has 0 amide bonds. The van der Waals surface area contributed by atoms with Crippen molar-refractivity contribution >= 4 is 17.3 Å². The minimum Gasteiger partial charge on any atom is -0.449 e. The Hall–Kier alpha value is -2.98. The summed E-state index contributed by atoms with van der Waals surface area (Å²) in [6.45, 7) is 3.21. The van der Waals surface area contributed by atoms with Gasteiger partial charge in [-0.1, -0.05) is 0 Å². The van der Waals surface area contributed by atoms with Gasteiger partial charge in [-0.3, -0.25) is 9.78 Å². The van der Waals surface area contributed by atoms with Crippen LogP contribution in [-0.4, -0.2) is 20.9 Å². The Morgan fingerprint density at radius 2 is 2.17 bits per heavy atom. The molecule has 0 fully saturated rings. The number of carbonyl (C=O) groups is 1. The molecule has 120 valence electrons. The Bertz CT molecular complexity index is 910. The van der Waals surface area contributed by atoms with Gasteiger partial charge in [0.05, 0.1) is 4.88 Å². The maximum absolute atomic E-state index is 11.6. The van der Waals surface area contributed by atoms with Crippen molar-refractivity contribution in [1.29, 1.82) is 5.26 Å². The van der Waals surface area contributed by atoms with Crippen LogP contribution in [0.15, 0.2) is 43.0 Å². The van der Waals surface area contributed by atoms with Crippen LogP contribution in [0.5, 0.6) is 0 Å². The Morgan fingerprint density at radius 3 is 2.79 bits per heavy atom. The van der Waals surface area contributed by atoms with Crippen LogP contribution in [0.25, 0.3) is 10.6 Å². The van der Waals surface area contributed by atoms with Gasteiger partial charge in [0.1, 0.15) is 16.8 Å². The first-order valence-electron chi connectivity index (χ1n) is 7.18. The van der Waals surface area contributed by atoms with Gasteiger partial charge in [0, 0.05) is 42.8 Å².